The van der Waals surface area contributed by atoms with Crippen LogP contribution in [0, 0.1) is 5.82 Å². The minimum Gasteiger partial charge on any atom is -0.352 e. The molecular formula is C20H19BrFN3O. The van der Waals surface area contributed by atoms with E-state index in [9.17, 15) is 9.18 Å². The predicted octanol–water partition coefficient (Wildman–Crippen LogP) is 4.24. The van der Waals surface area contributed by atoms with Crippen LogP contribution in [0.15, 0.2) is 59.2 Å². The fourth-order valence-electron chi connectivity index (χ4n) is 2.71. The third kappa shape index (κ3) is 4.79. The molecule has 4 nitrogen and oxygen atoms in total. The van der Waals surface area contributed by atoms with E-state index in [1.54, 1.807) is 16.8 Å². The number of nitrogens with zero attached hydrogens (tertiary/aromatic N) is 2. The van der Waals surface area contributed by atoms with E-state index < -0.39 is 0 Å². The first kappa shape index (κ1) is 18.3. The lowest BCUT2D eigenvalue weighted by Crippen LogP contribution is -2.22. The molecule has 0 aliphatic carbocycles. The average Bonchev–Trinajstić information content (AvgIpc) is 3.01. The number of hydrogen-bond donors (Lipinski definition) is 1. The normalized spacial score (nSPS) is 10.7. The topological polar surface area (TPSA) is 46.9 Å². The number of nitrogens with one attached hydrogen (secondary N) is 1. The second-order valence-corrected chi connectivity index (χ2v) is 7.00. The van der Waals surface area contributed by atoms with E-state index in [0.717, 1.165) is 26.9 Å². The van der Waals surface area contributed by atoms with Gasteiger partial charge in [0.1, 0.15) is 5.82 Å². The largest absolute Gasteiger partial charge is 0.352 e. The first-order valence-electron chi connectivity index (χ1n) is 8.31. The van der Waals surface area contributed by atoms with E-state index in [1.807, 2.05) is 37.5 Å². The molecule has 134 valence electrons. The zero-order chi connectivity index (χ0) is 18.5. The van der Waals surface area contributed by atoms with Crippen LogP contribution in [0.25, 0.3) is 11.3 Å². The highest BCUT2D eigenvalue weighted by atomic mass is 79.9. The average molecular weight is 416 g/mol. The van der Waals surface area contributed by atoms with Crippen LogP contribution in [-0.4, -0.2) is 15.7 Å². The zero-order valence-corrected chi connectivity index (χ0v) is 16.0. The minimum absolute atomic E-state index is 0.0122. The van der Waals surface area contributed by atoms with Crippen molar-refractivity contribution >= 4 is 21.8 Å². The summed E-state index contributed by atoms with van der Waals surface area (Å²) < 4.78 is 15.9. The van der Waals surface area contributed by atoms with Crippen molar-refractivity contribution < 1.29 is 9.18 Å². The van der Waals surface area contributed by atoms with Crippen LogP contribution in [-0.2, 0) is 24.8 Å². The van der Waals surface area contributed by atoms with Gasteiger partial charge < -0.3 is 5.32 Å². The minimum atomic E-state index is -0.279. The first-order chi connectivity index (χ1) is 12.5. The molecule has 2 aromatic carbocycles. The number of amides is 1. The highest BCUT2D eigenvalue weighted by Gasteiger charge is 2.12. The number of hydrogen-bond acceptors (Lipinski definition) is 2. The highest BCUT2D eigenvalue weighted by molar-refractivity contribution is 9.10. The molecule has 0 saturated heterocycles. The van der Waals surface area contributed by atoms with Crippen LogP contribution in [0.1, 0.15) is 17.5 Å². The molecule has 0 bridgehead atoms. The van der Waals surface area contributed by atoms with Gasteiger partial charge in [-0.2, -0.15) is 5.10 Å². The lowest BCUT2D eigenvalue weighted by Gasteiger charge is -2.06. The number of aryl methyl sites for hydroxylation is 2. The molecule has 0 saturated carbocycles. The van der Waals surface area contributed by atoms with E-state index in [0.29, 0.717) is 19.4 Å². The maximum absolute atomic E-state index is 13.1. The Morgan fingerprint density at radius 2 is 1.85 bits per heavy atom. The fourth-order valence-corrected chi connectivity index (χ4v) is 2.98. The van der Waals surface area contributed by atoms with E-state index >= 15 is 0 Å². The Hall–Kier alpha value is -2.47. The Bertz CT molecular complexity index is 888. The van der Waals surface area contributed by atoms with Gasteiger partial charge in [0.05, 0.1) is 5.69 Å². The molecule has 0 atom stereocenters. The molecule has 0 radical (unpaired) electrons. The molecule has 1 N–H and O–H groups in total. The van der Waals surface area contributed by atoms with Gasteiger partial charge in [-0.05, 0) is 53.9 Å². The summed E-state index contributed by atoms with van der Waals surface area (Å²) in [4.78, 5) is 12.2. The van der Waals surface area contributed by atoms with Crippen LogP contribution in [0.4, 0.5) is 4.39 Å². The number of benzene rings is 2. The molecule has 1 aromatic heterocycles. The molecule has 26 heavy (non-hydrogen) atoms. The van der Waals surface area contributed by atoms with Crippen molar-refractivity contribution in [2.45, 2.75) is 19.4 Å². The molecular weight excluding hydrogens is 397 g/mol. The van der Waals surface area contributed by atoms with Gasteiger partial charge in [0.15, 0.2) is 0 Å². The van der Waals surface area contributed by atoms with Crippen molar-refractivity contribution in [2.24, 2.45) is 7.05 Å². The van der Waals surface area contributed by atoms with E-state index in [2.05, 4.69) is 26.3 Å². The predicted molar refractivity (Wildman–Crippen MR) is 103 cm³/mol. The summed E-state index contributed by atoms with van der Waals surface area (Å²) in [5.74, 6) is -0.291. The van der Waals surface area contributed by atoms with Crippen molar-refractivity contribution in [2.75, 3.05) is 0 Å². The molecule has 0 aliphatic heterocycles. The number of aromatic nitrogens is 2. The van der Waals surface area contributed by atoms with Crippen molar-refractivity contribution in [1.82, 2.24) is 15.1 Å². The molecule has 0 spiro atoms. The molecule has 3 aromatic rings. The van der Waals surface area contributed by atoms with Gasteiger partial charge in [0, 0.05) is 36.2 Å². The number of rotatable bonds is 6. The highest BCUT2D eigenvalue weighted by Crippen LogP contribution is 2.23. The summed E-state index contributed by atoms with van der Waals surface area (Å²) in [5, 5.41) is 7.38. The lowest BCUT2D eigenvalue weighted by molar-refractivity contribution is -0.121. The Balaban J connectivity index is 1.60. The van der Waals surface area contributed by atoms with Crippen LogP contribution in [0.3, 0.4) is 0 Å². The Morgan fingerprint density at radius 3 is 2.54 bits per heavy atom. The number of halogens is 2. The summed E-state index contributed by atoms with van der Waals surface area (Å²) in [7, 11) is 1.84. The Labute approximate surface area is 160 Å². The second-order valence-electron chi connectivity index (χ2n) is 6.09. The summed E-state index contributed by atoms with van der Waals surface area (Å²) in [6.45, 7) is 0.504. The van der Waals surface area contributed by atoms with E-state index in [1.165, 1.54) is 12.1 Å². The van der Waals surface area contributed by atoms with Gasteiger partial charge in [-0.15, -0.1) is 0 Å². The first-order valence-corrected chi connectivity index (χ1v) is 9.10. The van der Waals surface area contributed by atoms with Gasteiger partial charge in [-0.25, -0.2) is 4.39 Å². The SMILES string of the molecule is Cn1cc(CCC(=O)NCc2ccc(Br)cc2)c(-c2ccc(F)cc2)n1. The Kier molecular flexibility index (Phi) is 5.83. The van der Waals surface area contributed by atoms with Gasteiger partial charge in [-0.3, -0.25) is 9.48 Å². The van der Waals surface area contributed by atoms with Crippen LogP contribution in [0.2, 0.25) is 0 Å². The molecule has 3 rings (SSSR count). The number of carbonyl (C=O) groups is 1. The van der Waals surface area contributed by atoms with Crippen LogP contribution in [0.5, 0.6) is 0 Å². The van der Waals surface area contributed by atoms with E-state index in [-0.39, 0.29) is 11.7 Å². The molecule has 6 heteroatoms. The summed E-state index contributed by atoms with van der Waals surface area (Å²) in [6.07, 6.45) is 2.85. The van der Waals surface area contributed by atoms with Crippen molar-refractivity contribution in [3.05, 3.63) is 76.1 Å². The second kappa shape index (κ2) is 8.27. The van der Waals surface area contributed by atoms with Gasteiger partial charge >= 0.3 is 0 Å². The van der Waals surface area contributed by atoms with Crippen molar-refractivity contribution in [1.29, 1.82) is 0 Å². The summed E-state index contributed by atoms with van der Waals surface area (Å²) >= 11 is 3.39. The van der Waals surface area contributed by atoms with Crippen molar-refractivity contribution in [3.63, 3.8) is 0 Å². The summed E-state index contributed by atoms with van der Waals surface area (Å²) in [5.41, 5.74) is 3.65. The third-order valence-corrected chi connectivity index (χ3v) is 4.58. The molecule has 0 fully saturated rings. The molecule has 0 unspecified atom stereocenters. The molecule has 1 heterocycles. The maximum atomic E-state index is 13.1. The standard InChI is InChI=1S/C20H19BrFN3O/c1-25-13-16(20(24-25)15-4-9-18(22)10-5-15)6-11-19(26)23-12-14-2-7-17(21)8-3-14/h2-5,7-10,13H,6,11-12H2,1H3,(H,23,26). The molecule has 0 aliphatic rings. The maximum Gasteiger partial charge on any atom is 0.220 e. The van der Waals surface area contributed by atoms with Gasteiger partial charge in [-0.1, -0.05) is 28.1 Å². The quantitative estimate of drug-likeness (QED) is 0.654. The van der Waals surface area contributed by atoms with Gasteiger partial charge in [0.25, 0.3) is 0 Å². The van der Waals surface area contributed by atoms with Gasteiger partial charge in [0.2, 0.25) is 5.91 Å². The van der Waals surface area contributed by atoms with Crippen LogP contribution < -0.4 is 5.32 Å². The summed E-state index contributed by atoms with van der Waals surface area (Å²) in [6, 6.07) is 14.1. The monoisotopic (exact) mass is 415 g/mol. The Morgan fingerprint density at radius 1 is 1.15 bits per heavy atom. The number of carbonyl (C=O) groups excluding carboxylic acids is 1. The smallest absolute Gasteiger partial charge is 0.220 e. The lowest BCUT2D eigenvalue weighted by atomic mass is 10.0. The third-order valence-electron chi connectivity index (χ3n) is 4.05. The van der Waals surface area contributed by atoms with E-state index in [4.69, 9.17) is 0 Å². The van der Waals surface area contributed by atoms with Crippen molar-refractivity contribution in [3.8, 4) is 11.3 Å². The fraction of sp³-hybridized carbons (Fsp3) is 0.200. The zero-order valence-electron chi connectivity index (χ0n) is 14.4. The van der Waals surface area contributed by atoms with Crippen LogP contribution >= 0.6 is 15.9 Å². The molecule has 1 amide bonds.